The molecule has 1 aromatic carbocycles. The van der Waals surface area contributed by atoms with Crippen molar-refractivity contribution < 1.29 is 9.18 Å². The lowest BCUT2D eigenvalue weighted by Gasteiger charge is -2.32. The molecular formula is C15H19FNO. The summed E-state index contributed by atoms with van der Waals surface area (Å²) >= 11 is 0. The van der Waals surface area contributed by atoms with Crippen LogP contribution in [0.1, 0.15) is 37.2 Å². The standard InChI is InChI=1S/C15H19FNO/c16-15-5-3-13(4-6-15)14-7-10-17(11-8-14)9-1-2-12-18/h3-6,14H,1-2,7-11H2. The SMILES string of the molecule is O=[C]CCCN1CCC(c2ccc(F)cc2)CC1. The average molecular weight is 248 g/mol. The normalized spacial score (nSPS) is 17.8. The minimum absolute atomic E-state index is 0.165. The topological polar surface area (TPSA) is 20.3 Å². The molecule has 1 aliphatic rings. The predicted molar refractivity (Wildman–Crippen MR) is 69.7 cm³/mol. The molecule has 0 aromatic heterocycles. The molecule has 2 nitrogen and oxygen atoms in total. The van der Waals surface area contributed by atoms with Gasteiger partial charge in [0.2, 0.25) is 0 Å². The van der Waals surface area contributed by atoms with Gasteiger partial charge in [-0.25, -0.2) is 4.39 Å². The lowest BCUT2D eigenvalue weighted by atomic mass is 9.89. The van der Waals surface area contributed by atoms with E-state index in [1.807, 2.05) is 18.4 Å². The van der Waals surface area contributed by atoms with Crippen LogP contribution in [0.15, 0.2) is 24.3 Å². The fraction of sp³-hybridized carbons (Fsp3) is 0.533. The molecule has 0 unspecified atom stereocenters. The molecule has 97 valence electrons. The lowest BCUT2D eigenvalue weighted by Crippen LogP contribution is -2.33. The van der Waals surface area contributed by atoms with Crippen LogP contribution >= 0.6 is 0 Å². The van der Waals surface area contributed by atoms with Gasteiger partial charge in [0, 0.05) is 6.42 Å². The van der Waals surface area contributed by atoms with E-state index in [0.29, 0.717) is 12.3 Å². The molecule has 1 aromatic rings. The average Bonchev–Trinajstić information content (AvgIpc) is 2.41. The summed E-state index contributed by atoms with van der Waals surface area (Å²) in [6.45, 7) is 3.13. The molecule has 1 saturated heterocycles. The molecule has 1 radical (unpaired) electrons. The Bertz CT molecular complexity index is 369. The van der Waals surface area contributed by atoms with Gasteiger partial charge >= 0.3 is 0 Å². The Morgan fingerprint density at radius 2 is 1.89 bits per heavy atom. The number of nitrogens with zero attached hydrogens (tertiary/aromatic N) is 1. The number of benzene rings is 1. The van der Waals surface area contributed by atoms with Crippen molar-refractivity contribution >= 4 is 6.29 Å². The first-order valence-electron chi connectivity index (χ1n) is 6.62. The Kier molecular flexibility index (Phi) is 4.88. The van der Waals surface area contributed by atoms with E-state index in [2.05, 4.69) is 4.90 Å². The number of hydrogen-bond acceptors (Lipinski definition) is 2. The van der Waals surface area contributed by atoms with E-state index in [0.717, 1.165) is 38.9 Å². The van der Waals surface area contributed by atoms with Gasteiger partial charge in [-0.2, -0.15) is 0 Å². The molecule has 0 amide bonds. The number of rotatable bonds is 5. The van der Waals surface area contributed by atoms with Crippen LogP contribution in [0.4, 0.5) is 4.39 Å². The fourth-order valence-electron chi connectivity index (χ4n) is 2.60. The van der Waals surface area contributed by atoms with Crippen molar-refractivity contribution in [1.29, 1.82) is 0 Å². The second-order valence-electron chi connectivity index (χ2n) is 4.92. The summed E-state index contributed by atoms with van der Waals surface area (Å²) in [5, 5.41) is 0. The fourth-order valence-corrected chi connectivity index (χ4v) is 2.60. The zero-order valence-corrected chi connectivity index (χ0v) is 10.6. The van der Waals surface area contributed by atoms with Gasteiger partial charge in [-0.3, -0.25) is 4.79 Å². The minimum Gasteiger partial charge on any atom is -0.303 e. The van der Waals surface area contributed by atoms with Gasteiger partial charge in [-0.1, -0.05) is 12.1 Å². The lowest BCUT2D eigenvalue weighted by molar-refractivity contribution is 0.211. The Balaban J connectivity index is 1.79. The van der Waals surface area contributed by atoms with Crippen molar-refractivity contribution in [2.24, 2.45) is 0 Å². The van der Waals surface area contributed by atoms with Gasteiger partial charge in [0.05, 0.1) is 0 Å². The number of likely N-dealkylation sites (tertiary alicyclic amines) is 1. The van der Waals surface area contributed by atoms with E-state index in [1.54, 1.807) is 12.1 Å². The summed E-state index contributed by atoms with van der Waals surface area (Å²) in [5.41, 5.74) is 1.25. The minimum atomic E-state index is -0.165. The number of piperidine rings is 1. The van der Waals surface area contributed by atoms with Crippen LogP contribution in [-0.2, 0) is 4.79 Å². The highest BCUT2D eigenvalue weighted by Crippen LogP contribution is 2.28. The Hall–Kier alpha value is -1.22. The van der Waals surface area contributed by atoms with Crippen LogP contribution in [0, 0.1) is 5.82 Å². The second-order valence-corrected chi connectivity index (χ2v) is 4.92. The monoisotopic (exact) mass is 248 g/mol. The molecule has 2 rings (SSSR count). The molecule has 3 heteroatoms. The molecule has 1 fully saturated rings. The molecule has 0 N–H and O–H groups in total. The summed E-state index contributed by atoms with van der Waals surface area (Å²) < 4.78 is 12.8. The summed E-state index contributed by atoms with van der Waals surface area (Å²) in [7, 11) is 0. The van der Waals surface area contributed by atoms with Crippen LogP contribution in [0.25, 0.3) is 0 Å². The van der Waals surface area contributed by atoms with Crippen LogP contribution < -0.4 is 0 Å². The largest absolute Gasteiger partial charge is 0.303 e. The highest BCUT2D eigenvalue weighted by molar-refractivity contribution is 5.50. The van der Waals surface area contributed by atoms with Gasteiger partial charge in [-0.05, 0) is 62.5 Å². The van der Waals surface area contributed by atoms with Crippen molar-refractivity contribution in [3.63, 3.8) is 0 Å². The molecule has 0 atom stereocenters. The van der Waals surface area contributed by atoms with E-state index in [4.69, 9.17) is 0 Å². The van der Waals surface area contributed by atoms with Crippen LogP contribution in [-0.4, -0.2) is 30.8 Å². The summed E-state index contributed by atoms with van der Waals surface area (Å²) in [6.07, 6.45) is 5.62. The first-order valence-corrected chi connectivity index (χ1v) is 6.62. The molecule has 0 aliphatic carbocycles. The van der Waals surface area contributed by atoms with Gasteiger partial charge in [0.25, 0.3) is 0 Å². The highest BCUT2D eigenvalue weighted by atomic mass is 19.1. The molecular weight excluding hydrogens is 229 g/mol. The maximum atomic E-state index is 12.8. The second kappa shape index (κ2) is 6.64. The molecule has 1 heterocycles. The van der Waals surface area contributed by atoms with Crippen LogP contribution in [0.2, 0.25) is 0 Å². The predicted octanol–water partition coefficient (Wildman–Crippen LogP) is 2.90. The van der Waals surface area contributed by atoms with Crippen LogP contribution in [0.3, 0.4) is 0 Å². The molecule has 0 bridgehead atoms. The maximum absolute atomic E-state index is 12.8. The zero-order chi connectivity index (χ0) is 12.8. The van der Waals surface area contributed by atoms with Crippen LogP contribution in [0.5, 0.6) is 0 Å². The highest BCUT2D eigenvalue weighted by Gasteiger charge is 2.19. The first kappa shape index (κ1) is 13.2. The molecule has 0 spiro atoms. The van der Waals surface area contributed by atoms with E-state index in [1.165, 1.54) is 5.56 Å². The first-order chi connectivity index (χ1) is 8.79. The van der Waals surface area contributed by atoms with E-state index in [-0.39, 0.29) is 5.82 Å². The Labute approximate surface area is 108 Å². The zero-order valence-electron chi connectivity index (χ0n) is 10.6. The van der Waals surface area contributed by atoms with E-state index in [9.17, 15) is 9.18 Å². The summed E-state index contributed by atoms with van der Waals surface area (Å²) in [6, 6.07) is 6.89. The molecule has 1 aliphatic heterocycles. The van der Waals surface area contributed by atoms with Crippen molar-refractivity contribution in [2.45, 2.75) is 31.6 Å². The quantitative estimate of drug-likeness (QED) is 0.747. The van der Waals surface area contributed by atoms with Gasteiger partial charge in [-0.15, -0.1) is 0 Å². The van der Waals surface area contributed by atoms with Crippen molar-refractivity contribution in [1.82, 2.24) is 4.90 Å². The number of hydrogen-bond donors (Lipinski definition) is 0. The van der Waals surface area contributed by atoms with E-state index >= 15 is 0 Å². The van der Waals surface area contributed by atoms with Crippen molar-refractivity contribution in [2.75, 3.05) is 19.6 Å². The van der Waals surface area contributed by atoms with E-state index < -0.39 is 0 Å². The maximum Gasteiger partial charge on any atom is 0.198 e. The van der Waals surface area contributed by atoms with Gasteiger partial charge in [0.1, 0.15) is 5.82 Å². The smallest absolute Gasteiger partial charge is 0.198 e. The Morgan fingerprint density at radius 3 is 2.50 bits per heavy atom. The number of halogens is 1. The number of unbranched alkanes of at least 4 members (excludes halogenated alkanes) is 1. The van der Waals surface area contributed by atoms with Gasteiger partial charge in [0.15, 0.2) is 6.29 Å². The molecule has 18 heavy (non-hydrogen) atoms. The molecule has 0 saturated carbocycles. The van der Waals surface area contributed by atoms with Gasteiger partial charge < -0.3 is 4.90 Å². The Morgan fingerprint density at radius 1 is 1.22 bits per heavy atom. The third kappa shape index (κ3) is 3.64. The number of carbonyl (C=O) groups excluding carboxylic acids is 1. The third-order valence-corrected chi connectivity index (χ3v) is 3.68. The summed E-state index contributed by atoms with van der Waals surface area (Å²) in [4.78, 5) is 12.5. The van der Waals surface area contributed by atoms with Crippen molar-refractivity contribution in [3.8, 4) is 0 Å². The van der Waals surface area contributed by atoms with Crippen molar-refractivity contribution in [3.05, 3.63) is 35.6 Å². The summed E-state index contributed by atoms with van der Waals surface area (Å²) in [5.74, 6) is 0.390. The third-order valence-electron chi connectivity index (χ3n) is 3.68.